The van der Waals surface area contributed by atoms with E-state index in [2.05, 4.69) is 15.0 Å². The van der Waals surface area contributed by atoms with Crippen molar-refractivity contribution >= 4 is 43.8 Å². The fourth-order valence-electron chi connectivity index (χ4n) is 2.38. The fraction of sp³-hybridized carbons (Fsp3) is 0.0588. The van der Waals surface area contributed by atoms with E-state index >= 15 is 0 Å². The second kappa shape index (κ2) is 8.15. The van der Waals surface area contributed by atoms with Crippen molar-refractivity contribution in [2.24, 2.45) is 0 Å². The summed E-state index contributed by atoms with van der Waals surface area (Å²) in [7, 11) is -3.78. The summed E-state index contributed by atoms with van der Waals surface area (Å²) in [5, 5.41) is 15.5. The number of hydrogen-bond donors (Lipinski definition) is 2. The molecule has 2 aromatic carbocycles. The number of para-hydroxylation sites is 1. The van der Waals surface area contributed by atoms with Gasteiger partial charge in [0.1, 0.15) is 0 Å². The van der Waals surface area contributed by atoms with Gasteiger partial charge in [0.15, 0.2) is 5.13 Å². The quantitative estimate of drug-likeness (QED) is 0.448. The Balaban J connectivity index is 1.67. The van der Waals surface area contributed by atoms with Crippen molar-refractivity contribution in [3.05, 3.63) is 75.8 Å². The first-order chi connectivity index (χ1) is 13.3. The normalized spacial score (nSPS) is 11.0. The molecule has 11 heteroatoms. The third-order valence-electron chi connectivity index (χ3n) is 3.64. The molecular formula is C17H14N4O5S2. The number of thiazole rings is 1. The van der Waals surface area contributed by atoms with E-state index in [1.54, 1.807) is 11.4 Å². The van der Waals surface area contributed by atoms with Crippen molar-refractivity contribution < 1.29 is 18.1 Å². The van der Waals surface area contributed by atoms with Gasteiger partial charge in [-0.05, 0) is 24.3 Å². The molecule has 0 saturated carbocycles. The van der Waals surface area contributed by atoms with Crippen LogP contribution in [-0.4, -0.2) is 24.2 Å². The predicted molar refractivity (Wildman–Crippen MR) is 105 cm³/mol. The zero-order valence-corrected chi connectivity index (χ0v) is 15.9. The van der Waals surface area contributed by atoms with E-state index in [9.17, 15) is 23.3 Å². The average Bonchev–Trinajstić information content (AvgIpc) is 3.14. The monoisotopic (exact) mass is 418 g/mol. The Morgan fingerprint density at radius 1 is 1.14 bits per heavy atom. The number of rotatable bonds is 7. The number of nitro groups is 1. The van der Waals surface area contributed by atoms with Crippen molar-refractivity contribution in [2.75, 3.05) is 10.0 Å². The Labute approximate surface area is 164 Å². The van der Waals surface area contributed by atoms with Crippen LogP contribution >= 0.6 is 11.3 Å². The molecule has 0 aliphatic carbocycles. The third-order valence-corrected chi connectivity index (χ3v) is 5.81. The molecule has 3 aromatic rings. The Hall–Kier alpha value is -3.31. The van der Waals surface area contributed by atoms with E-state index in [0.717, 1.165) is 11.3 Å². The van der Waals surface area contributed by atoms with E-state index in [-0.39, 0.29) is 27.7 Å². The number of amides is 1. The second-order valence-electron chi connectivity index (χ2n) is 5.58. The molecule has 0 saturated heterocycles. The Bertz CT molecular complexity index is 1100. The van der Waals surface area contributed by atoms with Crippen LogP contribution in [0.2, 0.25) is 0 Å². The minimum atomic E-state index is -3.78. The predicted octanol–water partition coefficient (Wildman–Crippen LogP) is 3.03. The molecule has 0 fully saturated rings. The van der Waals surface area contributed by atoms with Gasteiger partial charge >= 0.3 is 0 Å². The number of nitrogens with one attached hydrogen (secondary N) is 2. The van der Waals surface area contributed by atoms with Gasteiger partial charge in [0.05, 0.1) is 16.2 Å². The highest BCUT2D eigenvalue weighted by Crippen LogP contribution is 2.21. The van der Waals surface area contributed by atoms with Crippen LogP contribution in [-0.2, 0) is 21.2 Å². The van der Waals surface area contributed by atoms with Crippen LogP contribution in [0.25, 0.3) is 0 Å². The highest BCUT2D eigenvalue weighted by molar-refractivity contribution is 7.93. The smallest absolute Gasteiger partial charge is 0.273 e. The zero-order valence-electron chi connectivity index (χ0n) is 14.2. The standard InChI is InChI=1S/C17H14N4O5S2/c22-16(11-12-3-1-2-4-15(12)21(23)24)19-13-5-7-14(8-6-13)28(25,26)20-17-18-9-10-27-17/h1-10H,11H2,(H,18,20)(H,19,22). The summed E-state index contributed by atoms with van der Waals surface area (Å²) in [4.78, 5) is 26.5. The van der Waals surface area contributed by atoms with E-state index in [1.165, 1.54) is 48.7 Å². The number of hydrogen-bond acceptors (Lipinski definition) is 7. The van der Waals surface area contributed by atoms with Gasteiger partial charge in [0.25, 0.3) is 15.7 Å². The van der Waals surface area contributed by atoms with Gasteiger partial charge in [-0.15, -0.1) is 11.3 Å². The van der Waals surface area contributed by atoms with Gasteiger partial charge in [0, 0.05) is 28.9 Å². The maximum atomic E-state index is 12.3. The van der Waals surface area contributed by atoms with Gasteiger partial charge < -0.3 is 5.32 Å². The number of nitrogens with zero attached hydrogens (tertiary/aromatic N) is 2. The van der Waals surface area contributed by atoms with Crippen molar-refractivity contribution in [3.63, 3.8) is 0 Å². The Kier molecular flexibility index (Phi) is 5.66. The summed E-state index contributed by atoms with van der Waals surface area (Å²) >= 11 is 1.15. The molecule has 0 aliphatic rings. The van der Waals surface area contributed by atoms with Crippen LogP contribution in [0.1, 0.15) is 5.56 Å². The molecule has 0 spiro atoms. The molecule has 0 bridgehead atoms. The summed E-state index contributed by atoms with van der Waals surface area (Å²) in [5.74, 6) is -0.453. The van der Waals surface area contributed by atoms with Gasteiger partial charge in [-0.2, -0.15) is 0 Å². The average molecular weight is 418 g/mol. The highest BCUT2D eigenvalue weighted by Gasteiger charge is 2.17. The van der Waals surface area contributed by atoms with Crippen molar-refractivity contribution in [1.29, 1.82) is 0 Å². The number of aromatic nitrogens is 1. The number of benzene rings is 2. The van der Waals surface area contributed by atoms with Crippen molar-refractivity contribution in [1.82, 2.24) is 4.98 Å². The number of sulfonamides is 1. The van der Waals surface area contributed by atoms with E-state index < -0.39 is 20.9 Å². The lowest BCUT2D eigenvalue weighted by molar-refractivity contribution is -0.385. The van der Waals surface area contributed by atoms with E-state index in [0.29, 0.717) is 5.69 Å². The lowest BCUT2D eigenvalue weighted by Gasteiger charge is -2.08. The molecule has 9 nitrogen and oxygen atoms in total. The third kappa shape index (κ3) is 4.69. The lowest BCUT2D eigenvalue weighted by atomic mass is 10.1. The maximum absolute atomic E-state index is 12.3. The van der Waals surface area contributed by atoms with Gasteiger partial charge in [-0.25, -0.2) is 13.4 Å². The molecule has 1 aromatic heterocycles. The van der Waals surface area contributed by atoms with Gasteiger partial charge in [-0.3, -0.25) is 19.6 Å². The first-order valence-corrected chi connectivity index (χ1v) is 10.3. The molecule has 1 heterocycles. The molecule has 2 N–H and O–H groups in total. The summed E-state index contributed by atoms with van der Waals surface area (Å²) < 4.78 is 26.9. The van der Waals surface area contributed by atoms with Crippen LogP contribution in [0.5, 0.6) is 0 Å². The SMILES string of the molecule is O=C(Cc1ccccc1[N+](=O)[O-])Nc1ccc(S(=O)(=O)Nc2nccs2)cc1. The first kappa shape index (κ1) is 19.5. The number of nitro benzene ring substituents is 1. The number of carbonyl (C=O) groups excluding carboxylic acids is 1. The summed E-state index contributed by atoms with van der Waals surface area (Å²) in [5.41, 5.74) is 0.529. The molecule has 0 atom stereocenters. The zero-order chi connectivity index (χ0) is 20.1. The lowest BCUT2D eigenvalue weighted by Crippen LogP contribution is -2.16. The van der Waals surface area contributed by atoms with Crippen LogP contribution < -0.4 is 10.0 Å². The molecule has 144 valence electrons. The molecule has 0 aliphatic heterocycles. The summed E-state index contributed by atoms with van der Waals surface area (Å²) in [6.07, 6.45) is 1.31. The topological polar surface area (TPSA) is 131 Å². The van der Waals surface area contributed by atoms with Crippen LogP contribution in [0.15, 0.2) is 65.0 Å². The molecular weight excluding hydrogens is 404 g/mol. The number of anilines is 2. The van der Waals surface area contributed by atoms with Gasteiger partial charge in [0.2, 0.25) is 5.91 Å². The molecule has 3 rings (SSSR count). The van der Waals surface area contributed by atoms with Crippen molar-refractivity contribution in [3.8, 4) is 0 Å². The Morgan fingerprint density at radius 2 is 1.86 bits per heavy atom. The van der Waals surface area contributed by atoms with Crippen LogP contribution in [0, 0.1) is 10.1 Å². The molecule has 28 heavy (non-hydrogen) atoms. The van der Waals surface area contributed by atoms with Crippen LogP contribution in [0.3, 0.4) is 0 Å². The minimum absolute atomic E-state index is 0.0133. The van der Waals surface area contributed by atoms with E-state index in [4.69, 9.17) is 0 Å². The molecule has 0 unspecified atom stereocenters. The Morgan fingerprint density at radius 3 is 2.50 bits per heavy atom. The minimum Gasteiger partial charge on any atom is -0.326 e. The highest BCUT2D eigenvalue weighted by atomic mass is 32.2. The maximum Gasteiger partial charge on any atom is 0.273 e. The van der Waals surface area contributed by atoms with Crippen LogP contribution in [0.4, 0.5) is 16.5 Å². The summed E-state index contributed by atoms with van der Waals surface area (Å²) in [6.45, 7) is 0. The largest absolute Gasteiger partial charge is 0.326 e. The van der Waals surface area contributed by atoms with Gasteiger partial charge in [-0.1, -0.05) is 18.2 Å². The number of carbonyl (C=O) groups is 1. The fourth-order valence-corrected chi connectivity index (χ4v) is 4.17. The van der Waals surface area contributed by atoms with E-state index in [1.807, 2.05) is 0 Å². The molecule has 1 amide bonds. The summed E-state index contributed by atoms with van der Waals surface area (Å²) in [6, 6.07) is 11.5. The second-order valence-corrected chi connectivity index (χ2v) is 8.15. The first-order valence-electron chi connectivity index (χ1n) is 7.90. The molecule has 0 radical (unpaired) electrons. The van der Waals surface area contributed by atoms with Crippen molar-refractivity contribution in [2.45, 2.75) is 11.3 Å².